The normalized spacial score (nSPS) is 11.3. The first-order chi connectivity index (χ1) is 14.2. The minimum atomic E-state index is -4.63. The first kappa shape index (κ1) is 21.4. The van der Waals surface area contributed by atoms with Gasteiger partial charge in [0.15, 0.2) is 5.82 Å². The first-order valence-corrected chi connectivity index (χ1v) is 8.84. The van der Waals surface area contributed by atoms with Gasteiger partial charge in [-0.3, -0.25) is 10.00 Å². The van der Waals surface area contributed by atoms with Gasteiger partial charge in [0.2, 0.25) is 0 Å². The Kier molecular flexibility index (Phi) is 6.14. The SMILES string of the molecule is COc1ncc(N(Cc2cc(C(F)(F)F)[nH]n2)C(=O)Nc2ccnc(Br)c2F)cn1. The van der Waals surface area contributed by atoms with Crippen LogP contribution in [-0.2, 0) is 12.7 Å². The minimum Gasteiger partial charge on any atom is -0.467 e. The molecule has 3 aromatic heterocycles. The predicted molar refractivity (Wildman–Crippen MR) is 99.3 cm³/mol. The summed E-state index contributed by atoms with van der Waals surface area (Å²) in [6.45, 7) is -0.387. The van der Waals surface area contributed by atoms with Crippen molar-refractivity contribution >= 4 is 33.3 Å². The van der Waals surface area contributed by atoms with E-state index in [1.807, 2.05) is 5.10 Å². The van der Waals surface area contributed by atoms with Crippen LogP contribution >= 0.6 is 15.9 Å². The molecule has 0 fully saturated rings. The maximum absolute atomic E-state index is 14.2. The van der Waals surface area contributed by atoms with Crippen LogP contribution in [0.4, 0.5) is 33.7 Å². The largest absolute Gasteiger partial charge is 0.467 e. The summed E-state index contributed by atoms with van der Waals surface area (Å²) in [4.78, 5) is 25.2. The van der Waals surface area contributed by atoms with E-state index >= 15 is 0 Å². The van der Waals surface area contributed by atoms with Crippen LogP contribution in [-0.4, -0.2) is 38.3 Å². The Bertz CT molecular complexity index is 1040. The van der Waals surface area contributed by atoms with Crippen LogP contribution in [0.1, 0.15) is 11.4 Å². The van der Waals surface area contributed by atoms with Crippen molar-refractivity contribution in [3.05, 3.63) is 52.5 Å². The zero-order valence-electron chi connectivity index (χ0n) is 15.0. The van der Waals surface area contributed by atoms with Crippen LogP contribution in [0, 0.1) is 5.82 Å². The highest BCUT2D eigenvalue weighted by Gasteiger charge is 2.33. The molecule has 0 aliphatic heterocycles. The number of hydrogen-bond acceptors (Lipinski definition) is 6. The molecule has 2 N–H and O–H groups in total. The summed E-state index contributed by atoms with van der Waals surface area (Å²) in [7, 11) is 1.34. The molecular formula is C16H12BrF4N7O2. The van der Waals surface area contributed by atoms with E-state index in [1.54, 1.807) is 0 Å². The third-order valence-electron chi connectivity index (χ3n) is 3.70. The lowest BCUT2D eigenvalue weighted by atomic mass is 10.3. The highest BCUT2D eigenvalue weighted by Crippen LogP contribution is 2.28. The maximum atomic E-state index is 14.2. The molecule has 3 aromatic rings. The van der Waals surface area contributed by atoms with E-state index in [2.05, 4.69) is 41.3 Å². The molecule has 3 rings (SSSR count). The van der Waals surface area contributed by atoms with Crippen LogP contribution in [0.15, 0.2) is 35.3 Å². The van der Waals surface area contributed by atoms with Gasteiger partial charge >= 0.3 is 18.2 Å². The van der Waals surface area contributed by atoms with Crippen molar-refractivity contribution < 1.29 is 27.1 Å². The Labute approximate surface area is 174 Å². The van der Waals surface area contributed by atoms with Gasteiger partial charge < -0.3 is 10.1 Å². The molecule has 0 atom stereocenters. The van der Waals surface area contributed by atoms with Crippen LogP contribution in [0.2, 0.25) is 0 Å². The number of aromatic amines is 1. The topological polar surface area (TPSA) is 109 Å². The van der Waals surface area contributed by atoms with Gasteiger partial charge in [-0.1, -0.05) is 0 Å². The number of nitrogens with zero attached hydrogens (tertiary/aromatic N) is 5. The number of amides is 2. The summed E-state index contributed by atoms with van der Waals surface area (Å²) in [5.74, 6) is -0.823. The molecular weight excluding hydrogens is 478 g/mol. The highest BCUT2D eigenvalue weighted by atomic mass is 79.9. The fourth-order valence-corrected chi connectivity index (χ4v) is 2.62. The second-order valence-corrected chi connectivity index (χ2v) is 6.43. The summed E-state index contributed by atoms with van der Waals surface area (Å²) >= 11 is 2.90. The first-order valence-electron chi connectivity index (χ1n) is 8.05. The lowest BCUT2D eigenvalue weighted by Gasteiger charge is -2.22. The van der Waals surface area contributed by atoms with Gasteiger partial charge in [0, 0.05) is 6.20 Å². The van der Waals surface area contributed by atoms with E-state index in [-0.39, 0.29) is 34.2 Å². The Morgan fingerprint density at radius 2 is 2.00 bits per heavy atom. The van der Waals surface area contributed by atoms with Gasteiger partial charge in [0.05, 0.1) is 43.1 Å². The number of rotatable bonds is 5. The zero-order chi connectivity index (χ0) is 21.9. The molecule has 0 saturated heterocycles. The molecule has 30 heavy (non-hydrogen) atoms. The summed E-state index contributed by atoms with van der Waals surface area (Å²) in [5, 5.41) is 7.78. The molecule has 2 amide bonds. The number of anilines is 2. The second-order valence-electron chi connectivity index (χ2n) is 5.68. The van der Waals surface area contributed by atoms with E-state index in [1.165, 1.54) is 31.8 Å². The van der Waals surface area contributed by atoms with Gasteiger partial charge in [-0.15, -0.1) is 0 Å². The second kappa shape index (κ2) is 8.61. The molecule has 0 saturated carbocycles. The molecule has 3 heterocycles. The number of ether oxygens (including phenoxy) is 1. The molecule has 0 bridgehead atoms. The van der Waals surface area contributed by atoms with Gasteiger partial charge in [-0.25, -0.2) is 24.1 Å². The quantitative estimate of drug-likeness (QED) is 0.417. The lowest BCUT2D eigenvalue weighted by molar-refractivity contribution is -0.141. The van der Waals surface area contributed by atoms with E-state index in [0.29, 0.717) is 0 Å². The van der Waals surface area contributed by atoms with Crippen molar-refractivity contribution in [2.75, 3.05) is 17.3 Å². The average molecular weight is 490 g/mol. The number of alkyl halides is 3. The summed E-state index contributed by atoms with van der Waals surface area (Å²) in [6.07, 6.45) is -0.927. The van der Waals surface area contributed by atoms with Gasteiger partial charge in [0.25, 0.3) is 0 Å². The minimum absolute atomic E-state index is 0.0161. The monoisotopic (exact) mass is 489 g/mol. The van der Waals surface area contributed by atoms with Crippen molar-refractivity contribution in [2.24, 2.45) is 0 Å². The summed E-state index contributed by atoms with van der Waals surface area (Å²) in [5.41, 5.74) is -1.25. The van der Waals surface area contributed by atoms with Crippen LogP contribution in [0.25, 0.3) is 0 Å². The Hall–Kier alpha value is -3.29. The third-order valence-corrected chi connectivity index (χ3v) is 4.25. The zero-order valence-corrected chi connectivity index (χ0v) is 16.6. The molecule has 0 radical (unpaired) electrons. The Morgan fingerprint density at radius 1 is 1.30 bits per heavy atom. The average Bonchev–Trinajstić information content (AvgIpc) is 3.19. The van der Waals surface area contributed by atoms with E-state index in [9.17, 15) is 22.4 Å². The maximum Gasteiger partial charge on any atom is 0.432 e. The van der Waals surface area contributed by atoms with Gasteiger partial charge in [-0.2, -0.15) is 18.3 Å². The standard InChI is InChI=1S/C16H12BrF4N7O2/c1-30-14-23-5-9(6-24-14)28(7-8-4-11(27-26-8)16(19,20)21)15(29)25-10-2-3-22-13(17)12(10)18/h2-6H,7H2,1H3,(H,26,27)(H,22,25,29). The predicted octanol–water partition coefficient (Wildman–Crippen LogP) is 3.76. The van der Waals surface area contributed by atoms with Crippen molar-refractivity contribution in [3.8, 4) is 6.01 Å². The Balaban J connectivity index is 1.91. The number of nitrogens with one attached hydrogen (secondary N) is 2. The number of carbonyl (C=O) groups is 1. The number of halogens is 5. The molecule has 0 spiro atoms. The molecule has 0 aliphatic rings. The number of carbonyl (C=O) groups excluding carboxylic acids is 1. The number of urea groups is 1. The molecule has 0 aromatic carbocycles. The van der Waals surface area contributed by atoms with Crippen molar-refractivity contribution in [1.82, 2.24) is 25.1 Å². The molecule has 158 valence electrons. The van der Waals surface area contributed by atoms with Crippen molar-refractivity contribution in [3.63, 3.8) is 0 Å². The number of H-pyrrole nitrogens is 1. The van der Waals surface area contributed by atoms with E-state index in [0.717, 1.165) is 11.0 Å². The summed E-state index contributed by atoms with van der Waals surface area (Å²) in [6, 6.07) is 1.13. The van der Waals surface area contributed by atoms with E-state index < -0.39 is 23.7 Å². The third kappa shape index (κ3) is 4.82. The fraction of sp³-hybridized carbons (Fsp3) is 0.188. The highest BCUT2D eigenvalue weighted by molar-refractivity contribution is 9.10. The van der Waals surface area contributed by atoms with Crippen LogP contribution in [0.3, 0.4) is 0 Å². The number of methoxy groups -OCH3 is 1. The lowest BCUT2D eigenvalue weighted by Crippen LogP contribution is -2.35. The number of aromatic nitrogens is 5. The van der Waals surface area contributed by atoms with Crippen molar-refractivity contribution in [1.29, 1.82) is 0 Å². The number of hydrogen-bond donors (Lipinski definition) is 2. The number of pyridine rings is 1. The van der Waals surface area contributed by atoms with Gasteiger partial charge in [-0.05, 0) is 28.1 Å². The molecule has 0 unspecified atom stereocenters. The van der Waals surface area contributed by atoms with Crippen LogP contribution < -0.4 is 15.0 Å². The Morgan fingerprint density at radius 3 is 2.60 bits per heavy atom. The molecule has 0 aliphatic carbocycles. The summed E-state index contributed by atoms with van der Waals surface area (Å²) < 4.78 is 57.4. The van der Waals surface area contributed by atoms with Crippen molar-refractivity contribution in [2.45, 2.75) is 12.7 Å². The van der Waals surface area contributed by atoms with Crippen LogP contribution in [0.5, 0.6) is 6.01 Å². The smallest absolute Gasteiger partial charge is 0.432 e. The van der Waals surface area contributed by atoms with E-state index in [4.69, 9.17) is 4.74 Å². The molecule has 9 nitrogen and oxygen atoms in total. The molecule has 14 heteroatoms. The fourth-order valence-electron chi connectivity index (χ4n) is 2.28. The van der Waals surface area contributed by atoms with Gasteiger partial charge in [0.1, 0.15) is 10.3 Å².